The molecule has 0 fully saturated rings. The molecule has 0 amide bonds. The summed E-state index contributed by atoms with van der Waals surface area (Å²) >= 11 is 5.58. The van der Waals surface area contributed by atoms with Crippen molar-refractivity contribution in [1.82, 2.24) is 9.78 Å². The predicted octanol–water partition coefficient (Wildman–Crippen LogP) is 1.08. The number of aromatic nitrogens is 2. The number of hydrogen-bond donors (Lipinski definition) is 2. The third-order valence-electron chi connectivity index (χ3n) is 1.84. The number of rotatable bonds is 2. The molecule has 1 atom stereocenters. The van der Waals surface area contributed by atoms with Gasteiger partial charge in [-0.15, -0.1) is 0 Å². The molecule has 15 heavy (non-hydrogen) atoms. The lowest BCUT2D eigenvalue weighted by Gasteiger charge is -2.10. The number of aliphatic hydroxyl groups is 1. The van der Waals surface area contributed by atoms with Gasteiger partial charge in [-0.05, 0) is 0 Å². The Balaban J connectivity index is 3.34. The SMILES string of the molecule is Cn1nc(C(F)(F)F)c(C(O)CN)c1Cl. The molecule has 1 heterocycles. The Labute approximate surface area is 88.4 Å². The van der Waals surface area contributed by atoms with Gasteiger partial charge in [0.15, 0.2) is 5.69 Å². The summed E-state index contributed by atoms with van der Waals surface area (Å²) in [6, 6.07) is 0. The lowest BCUT2D eigenvalue weighted by atomic mass is 10.1. The van der Waals surface area contributed by atoms with E-state index in [4.69, 9.17) is 17.3 Å². The van der Waals surface area contributed by atoms with Crippen molar-refractivity contribution >= 4 is 11.6 Å². The minimum absolute atomic E-state index is 0.264. The number of nitrogens with zero attached hydrogens (tertiary/aromatic N) is 2. The van der Waals surface area contributed by atoms with Crippen LogP contribution in [-0.2, 0) is 13.2 Å². The van der Waals surface area contributed by atoms with E-state index in [1.807, 2.05) is 0 Å². The molecule has 1 unspecified atom stereocenters. The zero-order chi connectivity index (χ0) is 11.8. The normalized spacial score (nSPS) is 14.3. The molecule has 1 aromatic rings. The molecule has 1 rings (SSSR count). The third-order valence-corrected chi connectivity index (χ3v) is 2.28. The molecule has 0 aromatic carbocycles. The topological polar surface area (TPSA) is 64.1 Å². The van der Waals surface area contributed by atoms with Crippen LogP contribution in [0.3, 0.4) is 0 Å². The van der Waals surface area contributed by atoms with E-state index in [2.05, 4.69) is 5.10 Å². The molecule has 0 aliphatic rings. The minimum atomic E-state index is -4.66. The maximum absolute atomic E-state index is 12.5. The maximum atomic E-state index is 12.5. The van der Waals surface area contributed by atoms with E-state index in [9.17, 15) is 18.3 Å². The predicted molar refractivity (Wildman–Crippen MR) is 47.2 cm³/mol. The van der Waals surface area contributed by atoms with E-state index in [0.717, 1.165) is 4.68 Å². The van der Waals surface area contributed by atoms with Crippen molar-refractivity contribution in [2.75, 3.05) is 6.54 Å². The second-order valence-electron chi connectivity index (χ2n) is 2.93. The number of alkyl halides is 3. The van der Waals surface area contributed by atoms with Crippen molar-refractivity contribution in [2.45, 2.75) is 12.3 Å². The maximum Gasteiger partial charge on any atom is 0.435 e. The molecule has 3 N–H and O–H groups in total. The first-order valence-corrected chi connectivity index (χ1v) is 4.34. The fourth-order valence-corrected chi connectivity index (χ4v) is 1.40. The van der Waals surface area contributed by atoms with Crippen LogP contribution in [0, 0.1) is 0 Å². The molecule has 8 heteroatoms. The fourth-order valence-electron chi connectivity index (χ4n) is 1.14. The molecular formula is C7H9ClF3N3O. The quantitative estimate of drug-likeness (QED) is 0.817. The Hall–Kier alpha value is -0.790. The van der Waals surface area contributed by atoms with Crippen molar-refractivity contribution < 1.29 is 18.3 Å². The molecule has 0 aliphatic heterocycles. The van der Waals surface area contributed by atoms with Crippen LogP contribution in [0.4, 0.5) is 13.2 Å². The van der Waals surface area contributed by atoms with Gasteiger partial charge in [0.1, 0.15) is 5.15 Å². The van der Waals surface area contributed by atoms with Gasteiger partial charge in [-0.2, -0.15) is 18.3 Å². The first-order chi connectivity index (χ1) is 6.79. The average molecular weight is 244 g/mol. The van der Waals surface area contributed by atoms with Crippen LogP contribution in [0.5, 0.6) is 0 Å². The average Bonchev–Trinajstić information content (AvgIpc) is 2.42. The summed E-state index contributed by atoms with van der Waals surface area (Å²) in [5, 5.41) is 12.2. The number of halogens is 4. The Morgan fingerprint density at radius 2 is 2.13 bits per heavy atom. The van der Waals surface area contributed by atoms with Crippen LogP contribution in [-0.4, -0.2) is 21.4 Å². The lowest BCUT2D eigenvalue weighted by Crippen LogP contribution is -2.17. The van der Waals surface area contributed by atoms with E-state index < -0.39 is 23.5 Å². The monoisotopic (exact) mass is 243 g/mol. The smallest absolute Gasteiger partial charge is 0.387 e. The fraction of sp³-hybridized carbons (Fsp3) is 0.571. The summed E-state index contributed by atoms with van der Waals surface area (Å²) in [6.45, 7) is -0.353. The van der Waals surface area contributed by atoms with Gasteiger partial charge in [-0.3, -0.25) is 4.68 Å². The van der Waals surface area contributed by atoms with Crippen molar-refractivity contribution in [3.05, 3.63) is 16.4 Å². The van der Waals surface area contributed by atoms with E-state index in [0.29, 0.717) is 0 Å². The highest BCUT2D eigenvalue weighted by molar-refractivity contribution is 6.30. The van der Waals surface area contributed by atoms with E-state index >= 15 is 0 Å². The van der Waals surface area contributed by atoms with Crippen LogP contribution in [0.25, 0.3) is 0 Å². The second kappa shape index (κ2) is 3.99. The van der Waals surface area contributed by atoms with Crippen LogP contribution in [0.15, 0.2) is 0 Å². The minimum Gasteiger partial charge on any atom is -0.387 e. The summed E-state index contributed by atoms with van der Waals surface area (Å²) in [6.07, 6.45) is -6.13. The number of nitrogens with two attached hydrogens (primary N) is 1. The molecule has 0 spiro atoms. The standard InChI is InChI=1S/C7H9ClF3N3O/c1-14-6(8)4(3(15)2-12)5(13-14)7(9,10)11/h3,15H,2,12H2,1H3. The van der Waals surface area contributed by atoms with E-state index in [-0.39, 0.29) is 11.7 Å². The van der Waals surface area contributed by atoms with Gasteiger partial charge in [-0.25, -0.2) is 0 Å². The van der Waals surface area contributed by atoms with Crippen molar-refractivity contribution in [2.24, 2.45) is 12.8 Å². The Morgan fingerprint density at radius 1 is 1.60 bits per heavy atom. The van der Waals surface area contributed by atoms with Gasteiger partial charge in [0, 0.05) is 13.6 Å². The third kappa shape index (κ3) is 2.24. The van der Waals surface area contributed by atoms with E-state index in [1.165, 1.54) is 7.05 Å². The molecule has 0 radical (unpaired) electrons. The summed E-state index contributed by atoms with van der Waals surface area (Å²) in [5.74, 6) is 0. The van der Waals surface area contributed by atoms with Crippen molar-refractivity contribution in [3.8, 4) is 0 Å². The van der Waals surface area contributed by atoms with Crippen LogP contribution >= 0.6 is 11.6 Å². The Kier molecular flexibility index (Phi) is 3.27. The molecule has 0 aliphatic carbocycles. The highest BCUT2D eigenvalue weighted by atomic mass is 35.5. The number of aryl methyl sites for hydroxylation is 1. The van der Waals surface area contributed by atoms with Gasteiger partial charge < -0.3 is 10.8 Å². The molecule has 1 aromatic heterocycles. The molecule has 0 bridgehead atoms. The summed E-state index contributed by atoms with van der Waals surface area (Å²) in [7, 11) is 1.25. The number of aliphatic hydroxyl groups excluding tert-OH is 1. The number of hydrogen-bond acceptors (Lipinski definition) is 3. The van der Waals surface area contributed by atoms with Crippen LogP contribution in [0.2, 0.25) is 5.15 Å². The highest BCUT2D eigenvalue weighted by Gasteiger charge is 2.40. The highest BCUT2D eigenvalue weighted by Crippen LogP contribution is 2.36. The van der Waals surface area contributed by atoms with Gasteiger partial charge >= 0.3 is 6.18 Å². The molecule has 4 nitrogen and oxygen atoms in total. The summed E-state index contributed by atoms with van der Waals surface area (Å²) in [4.78, 5) is 0. The van der Waals surface area contributed by atoms with Gasteiger partial charge in [-0.1, -0.05) is 11.6 Å². The first kappa shape index (κ1) is 12.3. The zero-order valence-electron chi connectivity index (χ0n) is 7.72. The lowest BCUT2D eigenvalue weighted by molar-refractivity contribution is -0.142. The molecule has 86 valence electrons. The zero-order valence-corrected chi connectivity index (χ0v) is 8.47. The molecule has 0 saturated heterocycles. The Bertz CT molecular complexity index is 363. The molecular weight excluding hydrogens is 235 g/mol. The van der Waals surface area contributed by atoms with Crippen molar-refractivity contribution in [3.63, 3.8) is 0 Å². The van der Waals surface area contributed by atoms with Crippen LogP contribution in [0.1, 0.15) is 17.4 Å². The largest absolute Gasteiger partial charge is 0.435 e. The van der Waals surface area contributed by atoms with E-state index in [1.54, 1.807) is 0 Å². The van der Waals surface area contributed by atoms with Gasteiger partial charge in [0.25, 0.3) is 0 Å². The van der Waals surface area contributed by atoms with Gasteiger partial charge in [0.2, 0.25) is 0 Å². The summed E-state index contributed by atoms with van der Waals surface area (Å²) in [5.41, 5.74) is 3.40. The molecule has 0 saturated carbocycles. The Morgan fingerprint density at radius 3 is 2.53 bits per heavy atom. The van der Waals surface area contributed by atoms with Crippen LogP contribution < -0.4 is 5.73 Å². The van der Waals surface area contributed by atoms with Gasteiger partial charge in [0.05, 0.1) is 11.7 Å². The first-order valence-electron chi connectivity index (χ1n) is 3.96. The summed E-state index contributed by atoms with van der Waals surface area (Å²) < 4.78 is 38.2. The second-order valence-corrected chi connectivity index (χ2v) is 3.28. The van der Waals surface area contributed by atoms with Crippen molar-refractivity contribution in [1.29, 1.82) is 0 Å².